The number of benzene rings is 1. The highest BCUT2D eigenvalue weighted by molar-refractivity contribution is 9.10. The summed E-state index contributed by atoms with van der Waals surface area (Å²) < 4.78 is 6.67. The molecule has 0 radical (unpaired) electrons. The van der Waals surface area contributed by atoms with E-state index in [4.69, 9.17) is 16.0 Å². The van der Waals surface area contributed by atoms with Crippen molar-refractivity contribution >= 4 is 27.5 Å². The molecule has 0 aliphatic rings. The molecule has 0 spiro atoms. The molecule has 0 fully saturated rings. The fraction of sp³-hybridized carbons (Fsp3) is 0.357. The fourth-order valence-electron chi connectivity index (χ4n) is 1.71. The number of nitrogens with zero attached hydrogens (tertiary/aromatic N) is 1. The second kappa shape index (κ2) is 6.55. The Hall–Kier alpha value is -0.840. The van der Waals surface area contributed by atoms with Gasteiger partial charge in [-0.2, -0.15) is 0 Å². The van der Waals surface area contributed by atoms with Gasteiger partial charge in [-0.05, 0) is 18.2 Å². The number of halogens is 2. The Morgan fingerprint density at radius 1 is 1.42 bits per heavy atom. The predicted octanol–water partition coefficient (Wildman–Crippen LogP) is 4.30. The molecule has 0 unspecified atom stereocenters. The molecule has 19 heavy (non-hydrogen) atoms. The summed E-state index contributed by atoms with van der Waals surface area (Å²) >= 11 is 9.57. The molecule has 0 aliphatic carbocycles. The molecule has 5 heteroatoms. The summed E-state index contributed by atoms with van der Waals surface area (Å²) in [4.78, 5) is 4.28. The van der Waals surface area contributed by atoms with Gasteiger partial charge >= 0.3 is 0 Å². The van der Waals surface area contributed by atoms with Gasteiger partial charge < -0.3 is 9.73 Å². The first-order chi connectivity index (χ1) is 9.06. The maximum Gasteiger partial charge on any atom is 0.196 e. The van der Waals surface area contributed by atoms with Crippen LogP contribution in [0.5, 0.6) is 0 Å². The van der Waals surface area contributed by atoms with Crippen LogP contribution in [0, 0.1) is 0 Å². The zero-order chi connectivity index (χ0) is 13.8. The number of hydrogen-bond acceptors (Lipinski definition) is 3. The van der Waals surface area contributed by atoms with E-state index in [1.165, 1.54) is 0 Å². The minimum Gasteiger partial charge on any atom is -0.441 e. The van der Waals surface area contributed by atoms with E-state index in [1.54, 1.807) is 6.20 Å². The van der Waals surface area contributed by atoms with Crippen molar-refractivity contribution in [3.05, 3.63) is 39.8 Å². The van der Waals surface area contributed by atoms with E-state index >= 15 is 0 Å². The summed E-state index contributed by atoms with van der Waals surface area (Å²) in [5, 5.41) is 3.98. The summed E-state index contributed by atoms with van der Waals surface area (Å²) in [6.07, 6.45) is 2.49. The summed E-state index contributed by atoms with van der Waals surface area (Å²) in [5.41, 5.74) is 0.862. The highest BCUT2D eigenvalue weighted by Gasteiger charge is 2.10. The van der Waals surface area contributed by atoms with Crippen molar-refractivity contribution in [2.45, 2.75) is 26.3 Å². The van der Waals surface area contributed by atoms with Gasteiger partial charge in [0.25, 0.3) is 0 Å². The summed E-state index contributed by atoms with van der Waals surface area (Å²) in [6, 6.07) is 6.17. The van der Waals surface area contributed by atoms with Crippen LogP contribution >= 0.6 is 27.5 Å². The number of oxazole rings is 1. The van der Waals surface area contributed by atoms with Crippen molar-refractivity contribution < 1.29 is 4.42 Å². The van der Waals surface area contributed by atoms with Gasteiger partial charge in [0.2, 0.25) is 0 Å². The van der Waals surface area contributed by atoms with Crippen LogP contribution in [0.4, 0.5) is 0 Å². The van der Waals surface area contributed by atoms with Crippen LogP contribution in [-0.4, -0.2) is 17.6 Å². The zero-order valence-electron chi connectivity index (χ0n) is 10.9. The van der Waals surface area contributed by atoms with E-state index in [2.05, 4.69) is 40.1 Å². The van der Waals surface area contributed by atoms with Crippen LogP contribution in [0.1, 0.15) is 19.7 Å². The first kappa shape index (κ1) is 14.6. The first-order valence-corrected chi connectivity index (χ1v) is 7.37. The van der Waals surface area contributed by atoms with Gasteiger partial charge in [-0.3, -0.25) is 0 Å². The molecule has 1 aromatic heterocycles. The predicted molar refractivity (Wildman–Crippen MR) is 81.5 cm³/mol. The average Bonchev–Trinajstić information content (AvgIpc) is 2.77. The van der Waals surface area contributed by atoms with Crippen molar-refractivity contribution in [2.24, 2.45) is 0 Å². The Balaban J connectivity index is 2.08. The maximum absolute atomic E-state index is 6.19. The summed E-state index contributed by atoms with van der Waals surface area (Å²) in [5.74, 6) is 1.43. The van der Waals surface area contributed by atoms with E-state index in [1.807, 2.05) is 18.2 Å². The Bertz CT molecular complexity index is 554. The molecule has 1 aromatic carbocycles. The summed E-state index contributed by atoms with van der Waals surface area (Å²) in [6.45, 7) is 5.08. The van der Waals surface area contributed by atoms with Crippen LogP contribution in [0.3, 0.4) is 0 Å². The monoisotopic (exact) mass is 342 g/mol. The van der Waals surface area contributed by atoms with Gasteiger partial charge in [0, 0.05) is 29.0 Å². The van der Waals surface area contributed by atoms with Crippen LogP contribution in [-0.2, 0) is 6.42 Å². The van der Waals surface area contributed by atoms with Crippen LogP contribution in [0.2, 0.25) is 5.02 Å². The maximum atomic E-state index is 6.19. The average molecular weight is 344 g/mol. The molecule has 0 saturated carbocycles. The second-order valence-electron chi connectivity index (χ2n) is 4.60. The SMILES string of the molecule is CC(C)NCCc1ncc(-c2ccc(Br)cc2Cl)o1. The van der Waals surface area contributed by atoms with Crippen molar-refractivity contribution in [3.8, 4) is 11.3 Å². The molecule has 0 aliphatic heterocycles. The van der Waals surface area contributed by atoms with Crippen LogP contribution < -0.4 is 5.32 Å². The molecular weight excluding hydrogens is 328 g/mol. The fourth-order valence-corrected chi connectivity index (χ4v) is 2.47. The molecule has 0 saturated heterocycles. The molecule has 3 nitrogen and oxygen atoms in total. The number of nitrogens with one attached hydrogen (secondary N) is 1. The molecule has 0 bridgehead atoms. The third kappa shape index (κ3) is 4.06. The Labute approximate surface area is 126 Å². The van der Waals surface area contributed by atoms with Crippen molar-refractivity contribution in [3.63, 3.8) is 0 Å². The van der Waals surface area contributed by atoms with E-state index in [-0.39, 0.29) is 0 Å². The lowest BCUT2D eigenvalue weighted by molar-refractivity contribution is 0.484. The largest absolute Gasteiger partial charge is 0.441 e. The third-order valence-electron chi connectivity index (χ3n) is 2.64. The third-order valence-corrected chi connectivity index (χ3v) is 3.45. The Morgan fingerprint density at radius 2 is 2.21 bits per heavy atom. The minimum absolute atomic E-state index is 0.468. The lowest BCUT2D eigenvalue weighted by atomic mass is 10.2. The smallest absolute Gasteiger partial charge is 0.196 e. The highest BCUT2D eigenvalue weighted by Crippen LogP contribution is 2.30. The van der Waals surface area contributed by atoms with Gasteiger partial charge in [0.05, 0.1) is 11.2 Å². The first-order valence-electron chi connectivity index (χ1n) is 6.20. The topological polar surface area (TPSA) is 38.1 Å². The van der Waals surface area contributed by atoms with Crippen LogP contribution in [0.15, 0.2) is 33.3 Å². The van der Waals surface area contributed by atoms with E-state index < -0.39 is 0 Å². The standard InChI is InChI=1S/C14H16BrClN2O/c1-9(2)17-6-5-14-18-8-13(19-14)11-4-3-10(15)7-12(11)16/h3-4,7-9,17H,5-6H2,1-2H3. The van der Waals surface area contributed by atoms with E-state index in [0.717, 1.165) is 28.9 Å². The molecule has 2 rings (SSSR count). The van der Waals surface area contributed by atoms with E-state index in [9.17, 15) is 0 Å². The number of aromatic nitrogens is 1. The second-order valence-corrected chi connectivity index (χ2v) is 5.92. The Morgan fingerprint density at radius 3 is 2.89 bits per heavy atom. The van der Waals surface area contributed by atoms with Crippen molar-refractivity contribution in [1.29, 1.82) is 0 Å². The van der Waals surface area contributed by atoms with Gasteiger partial charge in [0.1, 0.15) is 0 Å². The van der Waals surface area contributed by atoms with Gasteiger partial charge in [-0.15, -0.1) is 0 Å². The molecule has 0 amide bonds. The lowest BCUT2D eigenvalue weighted by Gasteiger charge is -2.05. The summed E-state index contributed by atoms with van der Waals surface area (Å²) in [7, 11) is 0. The Kier molecular flexibility index (Phi) is 5.02. The van der Waals surface area contributed by atoms with Crippen LogP contribution in [0.25, 0.3) is 11.3 Å². The highest BCUT2D eigenvalue weighted by atomic mass is 79.9. The van der Waals surface area contributed by atoms with Crippen molar-refractivity contribution in [2.75, 3.05) is 6.54 Å². The molecule has 1 N–H and O–H groups in total. The molecule has 102 valence electrons. The number of rotatable bonds is 5. The quantitative estimate of drug-likeness (QED) is 0.879. The normalized spacial score (nSPS) is 11.2. The molecular formula is C14H16BrClN2O. The minimum atomic E-state index is 0.468. The van der Waals surface area contributed by atoms with Gasteiger partial charge in [-0.25, -0.2) is 4.98 Å². The van der Waals surface area contributed by atoms with Crippen molar-refractivity contribution in [1.82, 2.24) is 10.3 Å². The van der Waals surface area contributed by atoms with Gasteiger partial charge in [-0.1, -0.05) is 41.4 Å². The lowest BCUT2D eigenvalue weighted by Crippen LogP contribution is -2.24. The number of hydrogen-bond donors (Lipinski definition) is 1. The molecule has 1 heterocycles. The molecule has 0 atom stereocenters. The van der Waals surface area contributed by atoms with E-state index in [0.29, 0.717) is 16.8 Å². The zero-order valence-corrected chi connectivity index (χ0v) is 13.3. The van der Waals surface area contributed by atoms with Gasteiger partial charge in [0.15, 0.2) is 11.7 Å². The molecule has 2 aromatic rings.